The molecular weight excluding hydrogens is 398 g/mol. The largest absolute Gasteiger partial charge is 0.492 e. The highest BCUT2D eigenvalue weighted by Gasteiger charge is 2.31. The van der Waals surface area contributed by atoms with Crippen molar-refractivity contribution in [1.82, 2.24) is 0 Å². The lowest BCUT2D eigenvalue weighted by Gasteiger charge is -2.36. The van der Waals surface area contributed by atoms with Crippen molar-refractivity contribution in [3.8, 4) is 5.75 Å². The predicted molar refractivity (Wildman–Crippen MR) is 133 cm³/mol. The van der Waals surface area contributed by atoms with Crippen molar-refractivity contribution in [2.45, 2.75) is 60.3 Å². The normalized spacial score (nSPS) is 14.6. The minimum Gasteiger partial charge on any atom is -0.492 e. The maximum absolute atomic E-state index is 12.1. The summed E-state index contributed by atoms with van der Waals surface area (Å²) in [5, 5.41) is 0. The van der Waals surface area contributed by atoms with Crippen LogP contribution in [0.2, 0.25) is 0 Å². The van der Waals surface area contributed by atoms with Crippen LogP contribution in [0, 0.1) is 5.92 Å². The van der Waals surface area contributed by atoms with Gasteiger partial charge in [-0.3, -0.25) is 0 Å². The Morgan fingerprint density at radius 2 is 1.75 bits per heavy atom. The van der Waals surface area contributed by atoms with Crippen LogP contribution in [0.1, 0.15) is 76.4 Å². The standard InChI is InChI=1S/C28H37NO3/c1-8-29(21-13-11-20(12-14-21)27(30)32-10-3)25-17-23-22(19(4)5)15-16-28(6,7)24(23)18-26(25)31-9-2/h11-15,17-19H,8-10,16H2,1-7H3. The van der Waals surface area contributed by atoms with E-state index in [1.165, 1.54) is 16.7 Å². The number of carbonyl (C=O) groups excluding carboxylic acids is 1. The predicted octanol–water partition coefficient (Wildman–Crippen LogP) is 7.14. The molecule has 0 aliphatic heterocycles. The Balaban J connectivity index is 2.11. The molecule has 1 aliphatic rings. The van der Waals surface area contributed by atoms with Crippen LogP contribution in [0.5, 0.6) is 5.75 Å². The van der Waals surface area contributed by atoms with Gasteiger partial charge in [0.2, 0.25) is 0 Å². The third-order valence-corrected chi connectivity index (χ3v) is 6.19. The van der Waals surface area contributed by atoms with Crippen molar-refractivity contribution in [3.63, 3.8) is 0 Å². The summed E-state index contributed by atoms with van der Waals surface area (Å²) in [5.41, 5.74) is 6.77. The molecule has 2 aromatic carbocycles. The first-order valence-corrected chi connectivity index (χ1v) is 11.8. The maximum atomic E-state index is 12.1. The van der Waals surface area contributed by atoms with E-state index in [4.69, 9.17) is 9.47 Å². The summed E-state index contributed by atoms with van der Waals surface area (Å²) in [5.74, 6) is 1.06. The lowest BCUT2D eigenvalue weighted by molar-refractivity contribution is 0.0526. The number of benzene rings is 2. The van der Waals surface area contributed by atoms with Crippen LogP contribution in [-0.2, 0) is 10.2 Å². The molecule has 0 saturated carbocycles. The molecule has 0 spiro atoms. The van der Waals surface area contributed by atoms with Gasteiger partial charge in [-0.2, -0.15) is 0 Å². The summed E-state index contributed by atoms with van der Waals surface area (Å²) >= 11 is 0. The number of rotatable bonds is 8. The molecule has 0 heterocycles. The van der Waals surface area contributed by atoms with Gasteiger partial charge >= 0.3 is 5.97 Å². The minimum absolute atomic E-state index is 0.0659. The van der Waals surface area contributed by atoms with Gasteiger partial charge in [0, 0.05) is 12.2 Å². The molecule has 0 bridgehead atoms. The SMILES string of the molecule is CCOC(=O)c1ccc(N(CC)c2cc3c(cc2OCC)C(C)(C)CC=C3C(C)C)cc1. The fourth-order valence-corrected chi connectivity index (χ4v) is 4.46. The quantitative estimate of drug-likeness (QED) is 0.413. The first-order chi connectivity index (χ1) is 15.2. The minimum atomic E-state index is -0.292. The molecule has 0 radical (unpaired) electrons. The second-order valence-electron chi connectivity index (χ2n) is 9.21. The van der Waals surface area contributed by atoms with E-state index in [0.29, 0.717) is 24.7 Å². The molecule has 0 amide bonds. The van der Waals surface area contributed by atoms with Gasteiger partial charge in [0.1, 0.15) is 5.75 Å². The molecule has 0 N–H and O–H groups in total. The van der Waals surface area contributed by atoms with E-state index in [0.717, 1.165) is 30.1 Å². The molecule has 0 atom stereocenters. The topological polar surface area (TPSA) is 38.8 Å². The van der Waals surface area contributed by atoms with Crippen molar-refractivity contribution in [2.75, 3.05) is 24.7 Å². The van der Waals surface area contributed by atoms with Crippen molar-refractivity contribution >= 4 is 22.9 Å². The molecular formula is C28H37NO3. The Hall–Kier alpha value is -2.75. The molecule has 0 unspecified atom stereocenters. The molecule has 0 aromatic heterocycles. The third-order valence-electron chi connectivity index (χ3n) is 6.19. The van der Waals surface area contributed by atoms with Gasteiger partial charge in [-0.1, -0.05) is 33.8 Å². The Morgan fingerprint density at radius 1 is 1.06 bits per heavy atom. The monoisotopic (exact) mass is 435 g/mol. The van der Waals surface area contributed by atoms with Crippen molar-refractivity contribution < 1.29 is 14.3 Å². The van der Waals surface area contributed by atoms with Gasteiger partial charge in [0.15, 0.2) is 0 Å². The number of esters is 1. The highest BCUT2D eigenvalue weighted by molar-refractivity contribution is 5.90. The second-order valence-corrected chi connectivity index (χ2v) is 9.21. The lowest BCUT2D eigenvalue weighted by atomic mass is 9.71. The average Bonchev–Trinajstić information content (AvgIpc) is 2.75. The van der Waals surface area contributed by atoms with Gasteiger partial charge in [-0.15, -0.1) is 0 Å². The maximum Gasteiger partial charge on any atom is 0.338 e. The van der Waals surface area contributed by atoms with E-state index in [2.05, 4.69) is 57.7 Å². The Labute approximate surface area is 193 Å². The number of fused-ring (bicyclic) bond motifs is 1. The van der Waals surface area contributed by atoms with Crippen LogP contribution in [-0.4, -0.2) is 25.7 Å². The number of hydrogen-bond acceptors (Lipinski definition) is 4. The second kappa shape index (κ2) is 9.81. The highest BCUT2D eigenvalue weighted by atomic mass is 16.5. The van der Waals surface area contributed by atoms with Crippen molar-refractivity contribution in [1.29, 1.82) is 0 Å². The van der Waals surface area contributed by atoms with Gasteiger partial charge in [-0.25, -0.2) is 4.79 Å². The zero-order valence-corrected chi connectivity index (χ0v) is 20.6. The molecule has 0 fully saturated rings. The fourth-order valence-electron chi connectivity index (χ4n) is 4.46. The Morgan fingerprint density at radius 3 is 2.31 bits per heavy atom. The molecule has 3 rings (SSSR count). The third kappa shape index (κ3) is 4.69. The van der Waals surface area contributed by atoms with Crippen LogP contribution >= 0.6 is 0 Å². The van der Waals surface area contributed by atoms with Gasteiger partial charge in [0.05, 0.1) is 24.5 Å². The average molecular weight is 436 g/mol. The van der Waals surface area contributed by atoms with Gasteiger partial charge < -0.3 is 14.4 Å². The molecule has 2 aromatic rings. The zero-order valence-electron chi connectivity index (χ0n) is 20.6. The van der Waals surface area contributed by atoms with Crippen molar-refractivity contribution in [2.24, 2.45) is 5.92 Å². The van der Waals surface area contributed by atoms with E-state index in [1.54, 1.807) is 0 Å². The zero-order chi connectivity index (χ0) is 23.5. The summed E-state index contributed by atoms with van der Waals surface area (Å²) in [4.78, 5) is 14.3. The molecule has 1 aliphatic carbocycles. The number of anilines is 2. The number of hydrogen-bond donors (Lipinski definition) is 0. The van der Waals surface area contributed by atoms with Crippen LogP contribution in [0.4, 0.5) is 11.4 Å². The summed E-state index contributed by atoms with van der Waals surface area (Å²) in [6.45, 7) is 16.9. The first kappa shape index (κ1) is 23.9. The number of ether oxygens (including phenoxy) is 2. The molecule has 172 valence electrons. The van der Waals surface area contributed by atoms with E-state index < -0.39 is 0 Å². The number of nitrogens with zero attached hydrogens (tertiary/aromatic N) is 1. The van der Waals surface area contributed by atoms with E-state index in [-0.39, 0.29) is 11.4 Å². The van der Waals surface area contributed by atoms with Crippen molar-refractivity contribution in [3.05, 3.63) is 59.2 Å². The number of carbonyl (C=O) groups is 1. The summed E-state index contributed by atoms with van der Waals surface area (Å²) < 4.78 is 11.3. The molecule has 4 heteroatoms. The fraction of sp³-hybridized carbons (Fsp3) is 0.464. The Bertz CT molecular complexity index is 986. The summed E-state index contributed by atoms with van der Waals surface area (Å²) in [7, 11) is 0. The lowest BCUT2D eigenvalue weighted by Crippen LogP contribution is -2.24. The molecule has 32 heavy (non-hydrogen) atoms. The molecule has 4 nitrogen and oxygen atoms in total. The Kier molecular flexibility index (Phi) is 7.33. The van der Waals surface area contributed by atoms with Crippen LogP contribution in [0.15, 0.2) is 42.5 Å². The molecule has 0 saturated heterocycles. The summed E-state index contributed by atoms with van der Waals surface area (Å²) in [6.07, 6.45) is 3.44. The van der Waals surface area contributed by atoms with Gasteiger partial charge in [0.25, 0.3) is 0 Å². The highest BCUT2D eigenvalue weighted by Crippen LogP contribution is 2.47. The van der Waals surface area contributed by atoms with Crippen LogP contribution in [0.25, 0.3) is 5.57 Å². The van der Waals surface area contributed by atoms with E-state index >= 15 is 0 Å². The van der Waals surface area contributed by atoms with Gasteiger partial charge in [-0.05, 0) is 91.6 Å². The smallest absolute Gasteiger partial charge is 0.338 e. The van der Waals surface area contributed by atoms with Crippen LogP contribution in [0.3, 0.4) is 0 Å². The van der Waals surface area contributed by atoms with E-state index in [1.807, 2.05) is 38.1 Å². The first-order valence-electron chi connectivity index (χ1n) is 11.8. The van der Waals surface area contributed by atoms with Crippen LogP contribution < -0.4 is 9.64 Å². The summed E-state index contributed by atoms with van der Waals surface area (Å²) in [6, 6.07) is 12.2. The van der Waals surface area contributed by atoms with E-state index in [9.17, 15) is 4.79 Å². The number of allylic oxidation sites excluding steroid dienone is 2.